The summed E-state index contributed by atoms with van der Waals surface area (Å²) in [5.74, 6) is -0.748. The minimum Gasteiger partial charge on any atom is -0.475 e. The largest absolute Gasteiger partial charge is 0.475 e. The first-order valence-corrected chi connectivity index (χ1v) is 6.76. The first kappa shape index (κ1) is 15.3. The number of carbonyl (C=O) groups is 1. The Kier molecular flexibility index (Phi) is 4.75. The Balaban J connectivity index is 1.90. The van der Waals surface area contributed by atoms with Crippen molar-refractivity contribution in [3.05, 3.63) is 58.8 Å². The van der Waals surface area contributed by atoms with Gasteiger partial charge in [-0.25, -0.2) is 9.18 Å². The predicted octanol–water partition coefficient (Wildman–Crippen LogP) is 3.15. The van der Waals surface area contributed by atoms with E-state index < -0.39 is 5.97 Å². The Labute approximate surface area is 122 Å². The molecule has 0 amide bonds. The highest BCUT2D eigenvalue weighted by molar-refractivity contribution is 5.84. The molecule has 1 atom stereocenters. The van der Waals surface area contributed by atoms with Gasteiger partial charge in [-0.2, -0.15) is 0 Å². The van der Waals surface area contributed by atoms with Crippen LogP contribution in [0.4, 0.5) is 4.39 Å². The first-order valence-electron chi connectivity index (χ1n) is 6.76. The van der Waals surface area contributed by atoms with E-state index in [1.165, 1.54) is 18.2 Å². The minimum absolute atomic E-state index is 0.0458. The van der Waals surface area contributed by atoms with Crippen molar-refractivity contribution in [3.8, 4) is 0 Å². The molecule has 2 aromatic rings. The molecule has 5 heteroatoms. The van der Waals surface area contributed by atoms with Crippen molar-refractivity contribution >= 4 is 5.97 Å². The molecule has 2 rings (SSSR count). The van der Waals surface area contributed by atoms with Crippen molar-refractivity contribution in [1.82, 2.24) is 5.32 Å². The van der Waals surface area contributed by atoms with Gasteiger partial charge in [0.1, 0.15) is 11.6 Å². The van der Waals surface area contributed by atoms with Crippen molar-refractivity contribution in [2.24, 2.45) is 0 Å². The Morgan fingerprint density at radius 3 is 2.62 bits per heavy atom. The fourth-order valence-electron chi connectivity index (χ4n) is 2.13. The zero-order valence-corrected chi connectivity index (χ0v) is 12.0. The summed E-state index contributed by atoms with van der Waals surface area (Å²) < 4.78 is 18.0. The topological polar surface area (TPSA) is 62.5 Å². The predicted molar refractivity (Wildman–Crippen MR) is 76.8 cm³/mol. The summed E-state index contributed by atoms with van der Waals surface area (Å²) in [6.07, 6.45) is 0.767. The zero-order valence-electron chi connectivity index (χ0n) is 12.0. The van der Waals surface area contributed by atoms with Gasteiger partial charge in [0, 0.05) is 18.2 Å². The molecule has 1 aromatic carbocycles. The Bertz CT molecular complexity index is 619. The van der Waals surface area contributed by atoms with Crippen LogP contribution in [0.3, 0.4) is 0 Å². The van der Waals surface area contributed by atoms with E-state index in [-0.39, 0.29) is 17.6 Å². The molecule has 0 aliphatic rings. The van der Waals surface area contributed by atoms with Crippen LogP contribution in [0, 0.1) is 12.7 Å². The number of aromatic carboxylic acids is 1. The normalized spacial score (nSPS) is 12.3. The van der Waals surface area contributed by atoms with E-state index in [2.05, 4.69) is 5.32 Å². The molecule has 0 saturated carbocycles. The maximum Gasteiger partial charge on any atom is 0.371 e. The molecular formula is C16H18FNO3. The van der Waals surface area contributed by atoms with Crippen LogP contribution >= 0.6 is 0 Å². The van der Waals surface area contributed by atoms with Crippen molar-refractivity contribution < 1.29 is 18.7 Å². The summed E-state index contributed by atoms with van der Waals surface area (Å²) in [6.45, 7) is 4.30. The monoisotopic (exact) mass is 291 g/mol. The van der Waals surface area contributed by atoms with Gasteiger partial charge in [-0.1, -0.05) is 12.1 Å². The van der Waals surface area contributed by atoms with E-state index >= 15 is 0 Å². The maximum absolute atomic E-state index is 12.8. The van der Waals surface area contributed by atoms with Crippen LogP contribution in [0.1, 0.15) is 34.4 Å². The number of nitrogens with one attached hydrogen (secondary N) is 1. The fraction of sp³-hybridized carbons (Fsp3) is 0.312. The van der Waals surface area contributed by atoms with Gasteiger partial charge in [-0.3, -0.25) is 0 Å². The lowest BCUT2D eigenvalue weighted by atomic mass is 10.1. The number of rotatable bonds is 6. The van der Waals surface area contributed by atoms with E-state index in [1.54, 1.807) is 19.1 Å². The quantitative estimate of drug-likeness (QED) is 0.858. The van der Waals surface area contributed by atoms with Gasteiger partial charge in [0.25, 0.3) is 0 Å². The van der Waals surface area contributed by atoms with Crippen LogP contribution < -0.4 is 5.32 Å². The number of benzene rings is 1. The zero-order chi connectivity index (χ0) is 15.4. The van der Waals surface area contributed by atoms with Crippen molar-refractivity contribution in [1.29, 1.82) is 0 Å². The average Bonchev–Trinajstić information content (AvgIpc) is 2.81. The summed E-state index contributed by atoms with van der Waals surface area (Å²) in [6, 6.07) is 8.13. The van der Waals surface area contributed by atoms with Crippen LogP contribution in [-0.4, -0.2) is 17.1 Å². The summed E-state index contributed by atoms with van der Waals surface area (Å²) >= 11 is 0. The number of hydrogen-bond donors (Lipinski definition) is 2. The van der Waals surface area contributed by atoms with E-state index in [0.717, 1.165) is 17.5 Å². The Morgan fingerprint density at radius 1 is 1.38 bits per heavy atom. The third kappa shape index (κ3) is 4.16. The minimum atomic E-state index is -1.07. The highest BCUT2D eigenvalue weighted by Gasteiger charge is 2.13. The molecule has 0 radical (unpaired) electrons. The third-order valence-corrected chi connectivity index (χ3v) is 3.33. The summed E-state index contributed by atoms with van der Waals surface area (Å²) in [7, 11) is 0. The molecule has 1 heterocycles. The fourth-order valence-corrected chi connectivity index (χ4v) is 2.13. The van der Waals surface area contributed by atoms with Gasteiger partial charge < -0.3 is 14.8 Å². The second-order valence-corrected chi connectivity index (χ2v) is 5.11. The number of hydrogen-bond acceptors (Lipinski definition) is 3. The molecule has 2 N–H and O–H groups in total. The van der Waals surface area contributed by atoms with Crippen molar-refractivity contribution in [3.63, 3.8) is 0 Å². The summed E-state index contributed by atoms with van der Waals surface area (Å²) in [4.78, 5) is 10.8. The van der Waals surface area contributed by atoms with Crippen molar-refractivity contribution in [2.45, 2.75) is 32.9 Å². The van der Waals surface area contributed by atoms with Crippen LogP contribution in [0.2, 0.25) is 0 Å². The second-order valence-electron chi connectivity index (χ2n) is 5.11. The van der Waals surface area contributed by atoms with Crippen LogP contribution in [0.15, 0.2) is 34.7 Å². The molecule has 4 nitrogen and oxygen atoms in total. The Morgan fingerprint density at radius 2 is 2.05 bits per heavy atom. The molecule has 112 valence electrons. The first-order chi connectivity index (χ1) is 9.95. The molecule has 0 aliphatic heterocycles. The van der Waals surface area contributed by atoms with E-state index in [4.69, 9.17) is 9.52 Å². The van der Waals surface area contributed by atoms with Crippen molar-refractivity contribution in [2.75, 3.05) is 0 Å². The van der Waals surface area contributed by atoms with Crippen LogP contribution in [0.5, 0.6) is 0 Å². The number of furan rings is 1. The maximum atomic E-state index is 12.8. The molecule has 1 unspecified atom stereocenters. The molecular weight excluding hydrogens is 273 g/mol. The summed E-state index contributed by atoms with van der Waals surface area (Å²) in [5, 5.41) is 12.2. The average molecular weight is 291 g/mol. The lowest BCUT2D eigenvalue weighted by molar-refractivity contribution is 0.0661. The SMILES string of the molecule is Cc1oc(C(=O)O)cc1CNC(C)Cc1ccc(F)cc1. The standard InChI is InChI=1S/C16H18FNO3/c1-10(7-12-3-5-14(17)6-4-12)18-9-13-8-15(16(19)20)21-11(13)2/h3-6,8,10,18H,7,9H2,1-2H3,(H,19,20). The van der Waals surface area contributed by atoms with E-state index in [1.807, 2.05) is 6.92 Å². The van der Waals surface area contributed by atoms with Gasteiger partial charge in [0.15, 0.2) is 0 Å². The highest BCUT2D eigenvalue weighted by atomic mass is 19.1. The second kappa shape index (κ2) is 6.54. The molecule has 0 aliphatic carbocycles. The lowest BCUT2D eigenvalue weighted by Gasteiger charge is -2.13. The summed E-state index contributed by atoms with van der Waals surface area (Å²) in [5.41, 5.74) is 1.88. The van der Waals surface area contributed by atoms with Crippen LogP contribution in [0.25, 0.3) is 0 Å². The van der Waals surface area contributed by atoms with Gasteiger partial charge >= 0.3 is 5.97 Å². The van der Waals surface area contributed by atoms with Gasteiger partial charge in [-0.05, 0) is 44.0 Å². The third-order valence-electron chi connectivity index (χ3n) is 3.33. The van der Waals surface area contributed by atoms with E-state index in [0.29, 0.717) is 12.3 Å². The number of aryl methyl sites for hydroxylation is 1. The highest BCUT2D eigenvalue weighted by Crippen LogP contribution is 2.15. The molecule has 0 fully saturated rings. The van der Waals surface area contributed by atoms with Gasteiger partial charge in [0.05, 0.1) is 0 Å². The lowest BCUT2D eigenvalue weighted by Crippen LogP contribution is -2.27. The molecule has 0 spiro atoms. The number of carboxylic acids is 1. The molecule has 1 aromatic heterocycles. The van der Waals surface area contributed by atoms with E-state index in [9.17, 15) is 9.18 Å². The molecule has 21 heavy (non-hydrogen) atoms. The number of halogens is 1. The number of carboxylic acid groups (broad SMARTS) is 1. The van der Waals surface area contributed by atoms with Gasteiger partial charge in [0.2, 0.25) is 5.76 Å². The molecule has 0 saturated heterocycles. The smallest absolute Gasteiger partial charge is 0.371 e. The van der Waals surface area contributed by atoms with Crippen LogP contribution in [-0.2, 0) is 13.0 Å². The Hall–Kier alpha value is -2.14. The molecule has 0 bridgehead atoms. The van der Waals surface area contributed by atoms with Gasteiger partial charge in [-0.15, -0.1) is 0 Å².